The van der Waals surface area contributed by atoms with Gasteiger partial charge < -0.3 is 16.2 Å². The fourth-order valence-electron chi connectivity index (χ4n) is 1.55. The number of nitrogens with zero attached hydrogens (tertiary/aromatic N) is 2. The second-order valence-corrected chi connectivity index (χ2v) is 4.14. The Balaban J connectivity index is 2.61. The summed E-state index contributed by atoms with van der Waals surface area (Å²) in [5.74, 6) is -1.34. The summed E-state index contributed by atoms with van der Waals surface area (Å²) in [5.41, 5.74) is 6.37. The number of nitrogens with two attached hydrogens (primary N) is 1. The van der Waals surface area contributed by atoms with E-state index in [9.17, 15) is 9.59 Å². The quantitative estimate of drug-likeness (QED) is 0.650. The number of aliphatic carboxylic acids is 1. The van der Waals surface area contributed by atoms with Crippen molar-refractivity contribution < 1.29 is 14.7 Å². The first kappa shape index (κ1) is 14.2. The van der Waals surface area contributed by atoms with Gasteiger partial charge in [0.15, 0.2) is 0 Å². The van der Waals surface area contributed by atoms with E-state index >= 15 is 0 Å². The summed E-state index contributed by atoms with van der Waals surface area (Å²) in [4.78, 5) is 22.4. The van der Waals surface area contributed by atoms with Crippen LogP contribution in [0.3, 0.4) is 0 Å². The van der Waals surface area contributed by atoms with Gasteiger partial charge in [0.1, 0.15) is 6.04 Å². The third-order valence-corrected chi connectivity index (χ3v) is 2.63. The van der Waals surface area contributed by atoms with Crippen LogP contribution in [0.25, 0.3) is 0 Å². The van der Waals surface area contributed by atoms with Gasteiger partial charge in [0.25, 0.3) is 0 Å². The number of aryl methyl sites for hydroxylation is 1. The molecule has 0 aliphatic heterocycles. The van der Waals surface area contributed by atoms with Gasteiger partial charge in [-0.15, -0.1) is 0 Å². The molecule has 0 fully saturated rings. The van der Waals surface area contributed by atoms with Crippen molar-refractivity contribution in [2.24, 2.45) is 12.8 Å². The first-order valence-corrected chi connectivity index (χ1v) is 5.70. The van der Waals surface area contributed by atoms with Crippen LogP contribution in [0.4, 0.5) is 0 Å². The van der Waals surface area contributed by atoms with E-state index in [1.165, 1.54) is 6.20 Å². The number of carbonyl (C=O) groups is 2. The normalized spacial score (nSPS) is 13.9. The van der Waals surface area contributed by atoms with Gasteiger partial charge in [-0.05, 0) is 6.42 Å². The van der Waals surface area contributed by atoms with Crippen LogP contribution in [-0.4, -0.2) is 32.8 Å². The molecule has 0 aliphatic rings. The monoisotopic (exact) mass is 254 g/mol. The molecule has 1 aromatic rings. The lowest BCUT2D eigenvalue weighted by Crippen LogP contribution is -2.41. The molecule has 0 bridgehead atoms. The summed E-state index contributed by atoms with van der Waals surface area (Å²) in [5, 5.41) is 15.2. The Hall–Kier alpha value is -1.89. The number of carbonyl (C=O) groups excluding carboxylic acids is 1. The number of carboxylic acid groups (broad SMARTS) is 1. The van der Waals surface area contributed by atoms with Crippen molar-refractivity contribution in [3.8, 4) is 0 Å². The Bertz CT molecular complexity index is 430. The molecule has 1 amide bonds. The highest BCUT2D eigenvalue weighted by Crippen LogP contribution is 2.09. The van der Waals surface area contributed by atoms with E-state index in [2.05, 4.69) is 10.4 Å². The van der Waals surface area contributed by atoms with E-state index in [0.717, 1.165) is 0 Å². The van der Waals surface area contributed by atoms with Crippen molar-refractivity contribution >= 4 is 11.9 Å². The Kier molecular flexibility index (Phi) is 4.85. The summed E-state index contributed by atoms with van der Waals surface area (Å²) < 4.78 is 1.55. The summed E-state index contributed by atoms with van der Waals surface area (Å²) >= 11 is 0. The van der Waals surface area contributed by atoms with Gasteiger partial charge in [-0.2, -0.15) is 5.10 Å². The largest absolute Gasteiger partial charge is 0.481 e. The van der Waals surface area contributed by atoms with Crippen LogP contribution < -0.4 is 11.1 Å². The van der Waals surface area contributed by atoms with E-state index < -0.39 is 24.0 Å². The fourth-order valence-corrected chi connectivity index (χ4v) is 1.55. The van der Waals surface area contributed by atoms with E-state index in [1.54, 1.807) is 17.9 Å². The number of carboxylic acids is 1. The molecule has 1 rings (SSSR count). The van der Waals surface area contributed by atoms with E-state index in [-0.39, 0.29) is 6.42 Å². The minimum absolute atomic E-state index is 0.109. The maximum atomic E-state index is 11.8. The maximum Gasteiger partial charge on any atom is 0.305 e. The Morgan fingerprint density at radius 1 is 1.61 bits per heavy atom. The first-order valence-electron chi connectivity index (χ1n) is 5.70. The fraction of sp³-hybridized carbons (Fsp3) is 0.545. The predicted molar refractivity (Wildman–Crippen MR) is 64.6 cm³/mol. The minimum Gasteiger partial charge on any atom is -0.481 e. The SMILES string of the molecule is CCC(CC(=O)O)NC(=O)C(N)c1cnn(C)c1. The number of hydrogen-bond acceptors (Lipinski definition) is 4. The van der Waals surface area contributed by atoms with Crippen molar-refractivity contribution in [1.29, 1.82) is 0 Å². The van der Waals surface area contributed by atoms with E-state index in [4.69, 9.17) is 10.8 Å². The van der Waals surface area contributed by atoms with Crippen molar-refractivity contribution in [2.45, 2.75) is 31.8 Å². The molecule has 0 radical (unpaired) electrons. The molecule has 2 atom stereocenters. The number of rotatable bonds is 6. The molecule has 7 nitrogen and oxygen atoms in total. The highest BCUT2D eigenvalue weighted by Gasteiger charge is 2.21. The lowest BCUT2D eigenvalue weighted by molar-refractivity contribution is -0.137. The predicted octanol–water partition coefficient (Wildman–Crippen LogP) is -0.211. The number of hydrogen-bond donors (Lipinski definition) is 3. The number of nitrogens with one attached hydrogen (secondary N) is 1. The van der Waals surface area contributed by atoms with Crippen LogP contribution in [0, 0.1) is 0 Å². The zero-order chi connectivity index (χ0) is 13.7. The van der Waals surface area contributed by atoms with Gasteiger partial charge in [-0.1, -0.05) is 6.92 Å². The topological polar surface area (TPSA) is 110 Å². The van der Waals surface area contributed by atoms with Crippen molar-refractivity contribution in [1.82, 2.24) is 15.1 Å². The highest BCUT2D eigenvalue weighted by atomic mass is 16.4. The summed E-state index contributed by atoms with van der Waals surface area (Å²) in [6.45, 7) is 1.81. The molecule has 100 valence electrons. The minimum atomic E-state index is -0.947. The highest BCUT2D eigenvalue weighted by molar-refractivity contribution is 5.83. The van der Waals surface area contributed by atoms with Gasteiger partial charge in [-0.25, -0.2) is 0 Å². The van der Waals surface area contributed by atoms with Crippen LogP contribution in [-0.2, 0) is 16.6 Å². The summed E-state index contributed by atoms with van der Waals surface area (Å²) in [6, 6.07) is -1.24. The third kappa shape index (κ3) is 3.85. The lowest BCUT2D eigenvalue weighted by Gasteiger charge is -2.17. The smallest absolute Gasteiger partial charge is 0.305 e. The average Bonchev–Trinajstić information content (AvgIpc) is 2.73. The molecular formula is C11H18N4O3. The van der Waals surface area contributed by atoms with Crippen molar-refractivity contribution in [3.63, 3.8) is 0 Å². The van der Waals surface area contributed by atoms with E-state index in [0.29, 0.717) is 12.0 Å². The molecular weight excluding hydrogens is 236 g/mol. The molecule has 7 heteroatoms. The van der Waals surface area contributed by atoms with Gasteiger partial charge in [0.2, 0.25) is 5.91 Å². The molecule has 0 aromatic carbocycles. The Morgan fingerprint density at radius 3 is 2.72 bits per heavy atom. The number of amides is 1. The molecule has 4 N–H and O–H groups in total. The molecule has 1 heterocycles. The summed E-state index contributed by atoms with van der Waals surface area (Å²) in [6.07, 6.45) is 3.60. The van der Waals surface area contributed by atoms with Crippen LogP contribution in [0.2, 0.25) is 0 Å². The van der Waals surface area contributed by atoms with Crippen LogP contribution in [0.15, 0.2) is 12.4 Å². The lowest BCUT2D eigenvalue weighted by atomic mass is 10.1. The second-order valence-electron chi connectivity index (χ2n) is 4.14. The molecule has 1 aromatic heterocycles. The Morgan fingerprint density at radius 2 is 2.28 bits per heavy atom. The van der Waals surface area contributed by atoms with Crippen molar-refractivity contribution in [2.75, 3.05) is 0 Å². The maximum absolute atomic E-state index is 11.8. The molecule has 0 saturated heterocycles. The average molecular weight is 254 g/mol. The number of aromatic nitrogens is 2. The van der Waals surface area contributed by atoms with Gasteiger partial charge in [0, 0.05) is 24.8 Å². The zero-order valence-electron chi connectivity index (χ0n) is 10.5. The third-order valence-electron chi connectivity index (χ3n) is 2.63. The molecule has 0 aliphatic carbocycles. The van der Waals surface area contributed by atoms with E-state index in [1.807, 2.05) is 6.92 Å². The Labute approximate surface area is 105 Å². The van der Waals surface area contributed by atoms with Crippen molar-refractivity contribution in [3.05, 3.63) is 18.0 Å². The van der Waals surface area contributed by atoms with Crippen LogP contribution in [0.5, 0.6) is 0 Å². The van der Waals surface area contributed by atoms with Gasteiger partial charge in [0.05, 0.1) is 12.6 Å². The first-order chi connectivity index (χ1) is 8.43. The standard InChI is InChI=1S/C11H18N4O3/c1-3-8(4-9(16)17)14-11(18)10(12)7-5-13-15(2)6-7/h5-6,8,10H,3-4,12H2,1-2H3,(H,14,18)(H,16,17). The van der Waals surface area contributed by atoms with Crippen LogP contribution in [0.1, 0.15) is 31.4 Å². The summed E-state index contributed by atoms with van der Waals surface area (Å²) in [7, 11) is 1.73. The molecule has 0 saturated carbocycles. The van der Waals surface area contributed by atoms with Gasteiger partial charge >= 0.3 is 5.97 Å². The molecule has 18 heavy (non-hydrogen) atoms. The van der Waals surface area contributed by atoms with Gasteiger partial charge in [-0.3, -0.25) is 14.3 Å². The second kappa shape index (κ2) is 6.15. The molecule has 0 spiro atoms. The molecule has 2 unspecified atom stereocenters. The zero-order valence-corrected chi connectivity index (χ0v) is 10.5. The van der Waals surface area contributed by atoms with Crippen LogP contribution >= 0.6 is 0 Å².